The minimum absolute atomic E-state index is 0.145. The Morgan fingerprint density at radius 1 is 1.04 bits per heavy atom. The summed E-state index contributed by atoms with van der Waals surface area (Å²) in [6.45, 7) is 3.99. The fourth-order valence-electron chi connectivity index (χ4n) is 3.04. The van der Waals surface area contributed by atoms with Gasteiger partial charge in [-0.3, -0.25) is 4.79 Å². The SMILES string of the molecule is Cc1cc(C)c(NC(=O)Cc2ccc(F)cc2)c(-c2cccc(N)c2)c1. The standard InChI is InChI=1S/C22H21FN2O/c1-14-10-15(2)22(20(11-14)17-4-3-5-19(24)13-17)25-21(26)12-16-6-8-18(23)9-7-16/h3-11,13H,12,24H2,1-2H3,(H,25,26). The van der Waals surface area contributed by atoms with Crippen LogP contribution >= 0.6 is 0 Å². The minimum atomic E-state index is -0.313. The highest BCUT2D eigenvalue weighted by Gasteiger charge is 2.13. The molecule has 3 rings (SSSR count). The summed E-state index contributed by atoms with van der Waals surface area (Å²) in [6, 6.07) is 17.6. The van der Waals surface area contributed by atoms with Crippen LogP contribution in [0.5, 0.6) is 0 Å². The van der Waals surface area contributed by atoms with E-state index in [1.807, 2.05) is 50.2 Å². The number of hydrogen-bond donors (Lipinski definition) is 2. The molecule has 0 saturated heterocycles. The van der Waals surface area contributed by atoms with E-state index in [0.717, 1.165) is 33.5 Å². The molecule has 0 aromatic heterocycles. The lowest BCUT2D eigenvalue weighted by Crippen LogP contribution is -2.16. The van der Waals surface area contributed by atoms with Crippen molar-refractivity contribution in [2.24, 2.45) is 0 Å². The van der Waals surface area contributed by atoms with E-state index < -0.39 is 0 Å². The molecule has 0 radical (unpaired) electrons. The maximum atomic E-state index is 13.0. The van der Waals surface area contributed by atoms with E-state index >= 15 is 0 Å². The Morgan fingerprint density at radius 3 is 2.46 bits per heavy atom. The Balaban J connectivity index is 1.91. The smallest absolute Gasteiger partial charge is 0.228 e. The monoisotopic (exact) mass is 348 g/mol. The van der Waals surface area contributed by atoms with Crippen molar-refractivity contribution < 1.29 is 9.18 Å². The summed E-state index contributed by atoms with van der Waals surface area (Å²) in [4.78, 5) is 12.5. The van der Waals surface area contributed by atoms with Crippen molar-refractivity contribution >= 4 is 17.3 Å². The van der Waals surface area contributed by atoms with Crippen molar-refractivity contribution in [2.45, 2.75) is 20.3 Å². The van der Waals surface area contributed by atoms with Gasteiger partial charge in [0.15, 0.2) is 0 Å². The van der Waals surface area contributed by atoms with Crippen molar-refractivity contribution in [1.82, 2.24) is 0 Å². The average Bonchev–Trinajstić information content (AvgIpc) is 2.59. The highest BCUT2D eigenvalue weighted by molar-refractivity contribution is 5.98. The predicted molar refractivity (Wildman–Crippen MR) is 104 cm³/mol. The van der Waals surface area contributed by atoms with Crippen molar-refractivity contribution in [2.75, 3.05) is 11.1 Å². The molecule has 0 unspecified atom stereocenters. The number of anilines is 2. The summed E-state index contributed by atoms with van der Waals surface area (Å²) >= 11 is 0. The fraction of sp³-hybridized carbons (Fsp3) is 0.136. The Morgan fingerprint density at radius 2 is 1.77 bits per heavy atom. The number of rotatable bonds is 4. The molecule has 3 nitrogen and oxygen atoms in total. The molecule has 3 aromatic carbocycles. The second-order valence-corrected chi connectivity index (χ2v) is 6.48. The van der Waals surface area contributed by atoms with Gasteiger partial charge in [-0.2, -0.15) is 0 Å². The average molecular weight is 348 g/mol. The van der Waals surface area contributed by atoms with Gasteiger partial charge in [0.25, 0.3) is 0 Å². The summed E-state index contributed by atoms with van der Waals surface area (Å²) in [6.07, 6.45) is 0.184. The predicted octanol–water partition coefficient (Wildman–Crippen LogP) is 4.87. The van der Waals surface area contributed by atoms with Gasteiger partial charge in [-0.25, -0.2) is 4.39 Å². The van der Waals surface area contributed by atoms with Gasteiger partial charge in [0.1, 0.15) is 5.82 Å². The summed E-state index contributed by atoms with van der Waals surface area (Å²) in [7, 11) is 0. The quantitative estimate of drug-likeness (QED) is 0.661. The number of amides is 1. The maximum absolute atomic E-state index is 13.0. The summed E-state index contributed by atoms with van der Waals surface area (Å²) in [5, 5.41) is 3.01. The van der Waals surface area contributed by atoms with Gasteiger partial charge in [-0.15, -0.1) is 0 Å². The second kappa shape index (κ2) is 7.40. The second-order valence-electron chi connectivity index (χ2n) is 6.48. The van der Waals surface area contributed by atoms with Crippen molar-refractivity contribution in [3.8, 4) is 11.1 Å². The highest BCUT2D eigenvalue weighted by Crippen LogP contribution is 2.33. The summed E-state index contributed by atoms with van der Waals surface area (Å²) in [5.41, 5.74) is 12.1. The van der Waals surface area contributed by atoms with E-state index in [2.05, 4.69) is 5.32 Å². The first kappa shape index (κ1) is 17.7. The topological polar surface area (TPSA) is 55.1 Å². The number of nitrogen functional groups attached to an aromatic ring is 1. The Labute approximate surface area is 152 Å². The number of aryl methyl sites for hydroxylation is 2. The molecule has 0 saturated carbocycles. The van der Waals surface area contributed by atoms with E-state index in [9.17, 15) is 9.18 Å². The molecular weight excluding hydrogens is 327 g/mol. The van der Waals surface area contributed by atoms with E-state index in [0.29, 0.717) is 5.69 Å². The van der Waals surface area contributed by atoms with Crippen molar-refractivity contribution in [3.63, 3.8) is 0 Å². The zero-order valence-corrected chi connectivity index (χ0v) is 14.8. The molecule has 0 aliphatic carbocycles. The Kier molecular flexibility index (Phi) is 5.03. The number of nitrogens with one attached hydrogen (secondary N) is 1. The van der Waals surface area contributed by atoms with E-state index in [1.165, 1.54) is 12.1 Å². The van der Waals surface area contributed by atoms with Crippen LogP contribution < -0.4 is 11.1 Å². The molecule has 0 spiro atoms. The summed E-state index contributed by atoms with van der Waals surface area (Å²) in [5.74, 6) is -0.457. The third-order valence-corrected chi connectivity index (χ3v) is 4.22. The van der Waals surface area contributed by atoms with Gasteiger partial charge >= 0.3 is 0 Å². The van der Waals surface area contributed by atoms with Crippen LogP contribution in [0.2, 0.25) is 0 Å². The van der Waals surface area contributed by atoms with Crippen LogP contribution in [-0.2, 0) is 11.2 Å². The van der Waals surface area contributed by atoms with Gasteiger partial charge < -0.3 is 11.1 Å². The number of carbonyl (C=O) groups excluding carboxylic acids is 1. The van der Waals surface area contributed by atoms with Crippen LogP contribution in [-0.4, -0.2) is 5.91 Å². The van der Waals surface area contributed by atoms with Crippen LogP contribution in [0.3, 0.4) is 0 Å². The van der Waals surface area contributed by atoms with Crippen LogP contribution in [0.1, 0.15) is 16.7 Å². The normalized spacial score (nSPS) is 10.6. The van der Waals surface area contributed by atoms with Gasteiger partial charge in [0.2, 0.25) is 5.91 Å². The lowest BCUT2D eigenvalue weighted by molar-refractivity contribution is -0.115. The number of halogens is 1. The van der Waals surface area contributed by atoms with Gasteiger partial charge in [0, 0.05) is 11.3 Å². The largest absolute Gasteiger partial charge is 0.399 e. The zero-order chi connectivity index (χ0) is 18.7. The van der Waals surface area contributed by atoms with Crippen LogP contribution in [0, 0.1) is 19.7 Å². The molecule has 132 valence electrons. The molecule has 0 atom stereocenters. The molecule has 3 aromatic rings. The molecular formula is C22H21FN2O. The number of carbonyl (C=O) groups is 1. The van der Waals surface area contributed by atoms with Crippen molar-refractivity contribution in [1.29, 1.82) is 0 Å². The minimum Gasteiger partial charge on any atom is -0.399 e. The third kappa shape index (κ3) is 4.09. The van der Waals surface area contributed by atoms with Gasteiger partial charge in [0.05, 0.1) is 12.1 Å². The molecule has 0 aliphatic rings. The third-order valence-electron chi connectivity index (χ3n) is 4.22. The zero-order valence-electron chi connectivity index (χ0n) is 14.8. The fourth-order valence-corrected chi connectivity index (χ4v) is 3.04. The molecule has 0 fully saturated rings. The Bertz CT molecular complexity index is 949. The van der Waals surface area contributed by atoms with E-state index in [1.54, 1.807) is 12.1 Å². The first-order chi connectivity index (χ1) is 12.4. The maximum Gasteiger partial charge on any atom is 0.228 e. The number of hydrogen-bond acceptors (Lipinski definition) is 2. The lowest BCUT2D eigenvalue weighted by Gasteiger charge is -2.16. The van der Waals surface area contributed by atoms with E-state index in [-0.39, 0.29) is 18.1 Å². The highest BCUT2D eigenvalue weighted by atomic mass is 19.1. The van der Waals surface area contributed by atoms with Crippen LogP contribution in [0.25, 0.3) is 11.1 Å². The van der Waals surface area contributed by atoms with Crippen molar-refractivity contribution in [3.05, 3.63) is 83.2 Å². The van der Waals surface area contributed by atoms with E-state index in [4.69, 9.17) is 5.73 Å². The van der Waals surface area contributed by atoms with Crippen LogP contribution in [0.4, 0.5) is 15.8 Å². The number of benzene rings is 3. The molecule has 4 heteroatoms. The lowest BCUT2D eigenvalue weighted by atomic mass is 9.97. The first-order valence-corrected chi connectivity index (χ1v) is 8.44. The molecule has 0 bridgehead atoms. The Hall–Kier alpha value is -3.14. The first-order valence-electron chi connectivity index (χ1n) is 8.44. The molecule has 0 aliphatic heterocycles. The molecule has 26 heavy (non-hydrogen) atoms. The van der Waals surface area contributed by atoms with Gasteiger partial charge in [-0.1, -0.05) is 35.9 Å². The van der Waals surface area contributed by atoms with Crippen LogP contribution in [0.15, 0.2) is 60.7 Å². The molecule has 0 heterocycles. The molecule has 1 amide bonds. The van der Waals surface area contributed by atoms with Gasteiger partial charge in [-0.05, 0) is 60.9 Å². The summed E-state index contributed by atoms with van der Waals surface area (Å²) < 4.78 is 13.0. The molecule has 3 N–H and O–H groups in total. The number of nitrogens with two attached hydrogens (primary N) is 1.